The molecule has 0 nitrogen and oxygen atoms in total. The number of unbranched alkanes of at least 4 members (excludes halogenated alkanes) is 1. The molecule has 0 atom stereocenters. The standard InChI is InChI=1S/C9H14Cl2Ge/c1-2-3-8-12(10,11)9-6-4-5-7-9/h4-7,9H,2-3,8H2,1H3. The topological polar surface area (TPSA) is 0 Å². The number of rotatable bonds is 4. The van der Waals surface area contributed by atoms with E-state index < -0.39 is 11.4 Å². The van der Waals surface area contributed by atoms with Crippen molar-refractivity contribution in [3.8, 4) is 0 Å². The van der Waals surface area contributed by atoms with Gasteiger partial charge in [-0.25, -0.2) is 0 Å². The second kappa shape index (κ2) is 4.73. The first-order valence-corrected chi connectivity index (χ1v) is 12.6. The van der Waals surface area contributed by atoms with E-state index in [-0.39, 0.29) is 0 Å². The third-order valence-electron chi connectivity index (χ3n) is 2.10. The Morgan fingerprint density at radius 2 is 1.83 bits per heavy atom. The zero-order chi connectivity index (χ0) is 9.03. The van der Waals surface area contributed by atoms with E-state index >= 15 is 0 Å². The molecule has 0 aliphatic heterocycles. The van der Waals surface area contributed by atoms with Gasteiger partial charge < -0.3 is 0 Å². The summed E-state index contributed by atoms with van der Waals surface area (Å²) in [7, 11) is 12.7. The molecule has 1 aliphatic rings. The molecule has 0 spiro atoms. The molecule has 68 valence electrons. The molecule has 0 aromatic carbocycles. The van der Waals surface area contributed by atoms with Crippen LogP contribution >= 0.6 is 20.0 Å². The van der Waals surface area contributed by atoms with Crippen LogP contribution in [0.15, 0.2) is 24.3 Å². The van der Waals surface area contributed by atoms with Crippen molar-refractivity contribution in [3.63, 3.8) is 0 Å². The molecule has 0 saturated carbocycles. The summed E-state index contributed by atoms with van der Waals surface area (Å²) in [5.74, 6) is 0. The predicted molar refractivity (Wildman–Crippen MR) is 59.2 cm³/mol. The Hall–Kier alpha value is 0.603. The molecule has 0 aromatic rings. The fourth-order valence-corrected chi connectivity index (χ4v) is 8.27. The van der Waals surface area contributed by atoms with Crippen LogP contribution < -0.4 is 0 Å². The van der Waals surface area contributed by atoms with Crippen LogP contribution in [0.5, 0.6) is 0 Å². The van der Waals surface area contributed by atoms with Crippen molar-refractivity contribution in [1.82, 2.24) is 0 Å². The number of hydrogen-bond donors (Lipinski definition) is 0. The quantitative estimate of drug-likeness (QED) is 0.668. The van der Waals surface area contributed by atoms with Crippen LogP contribution in [-0.4, -0.2) is 11.4 Å². The summed E-state index contributed by atoms with van der Waals surface area (Å²) < 4.78 is 0.389. The SMILES string of the molecule is CCC[CH2][Ge]([Cl])([Cl])[CH]1C=CC=C1. The molecule has 0 aromatic heterocycles. The van der Waals surface area contributed by atoms with Gasteiger partial charge in [-0.05, 0) is 0 Å². The Kier molecular flexibility index (Phi) is 4.21. The first-order chi connectivity index (χ1) is 5.67. The molecule has 12 heavy (non-hydrogen) atoms. The van der Waals surface area contributed by atoms with Crippen molar-refractivity contribution in [2.45, 2.75) is 29.8 Å². The first kappa shape index (κ1) is 10.7. The van der Waals surface area contributed by atoms with E-state index in [4.69, 9.17) is 20.0 Å². The Morgan fingerprint density at radius 3 is 2.33 bits per heavy atom. The van der Waals surface area contributed by atoms with Crippen LogP contribution in [0.25, 0.3) is 0 Å². The van der Waals surface area contributed by atoms with E-state index in [0.29, 0.717) is 4.75 Å². The van der Waals surface area contributed by atoms with Gasteiger partial charge in [0.2, 0.25) is 0 Å². The van der Waals surface area contributed by atoms with Crippen LogP contribution in [-0.2, 0) is 0 Å². The Bertz CT molecular complexity index is 185. The Labute approximate surface area is 85.4 Å². The van der Waals surface area contributed by atoms with Crippen molar-refractivity contribution >= 4 is 31.4 Å². The molecule has 0 bridgehead atoms. The van der Waals surface area contributed by atoms with Crippen molar-refractivity contribution in [1.29, 1.82) is 0 Å². The van der Waals surface area contributed by atoms with Gasteiger partial charge in [-0.15, -0.1) is 0 Å². The molecular formula is C9H14Cl2Ge. The summed E-state index contributed by atoms with van der Waals surface area (Å²) in [5.41, 5.74) is 0. The monoisotopic (exact) mass is 266 g/mol. The van der Waals surface area contributed by atoms with Gasteiger partial charge >= 0.3 is 85.5 Å². The Morgan fingerprint density at radius 1 is 1.25 bits per heavy atom. The molecule has 0 unspecified atom stereocenters. The summed E-state index contributed by atoms with van der Waals surface area (Å²) in [6.07, 6.45) is 10.7. The third kappa shape index (κ3) is 2.83. The number of hydrogen-bond acceptors (Lipinski definition) is 0. The molecule has 1 rings (SSSR count). The van der Waals surface area contributed by atoms with E-state index in [0.717, 1.165) is 5.25 Å². The molecule has 0 heterocycles. The first-order valence-electron chi connectivity index (χ1n) is 4.39. The van der Waals surface area contributed by atoms with Crippen molar-refractivity contribution in [3.05, 3.63) is 24.3 Å². The maximum atomic E-state index is 6.37. The van der Waals surface area contributed by atoms with Crippen molar-refractivity contribution in [2.75, 3.05) is 0 Å². The second-order valence-corrected chi connectivity index (χ2v) is 16.8. The zero-order valence-corrected chi connectivity index (χ0v) is 10.9. The molecule has 1 aliphatic carbocycles. The van der Waals surface area contributed by atoms with E-state index in [1.165, 1.54) is 12.8 Å². The van der Waals surface area contributed by atoms with Gasteiger partial charge in [-0.2, -0.15) is 0 Å². The van der Waals surface area contributed by atoms with Crippen LogP contribution in [0.3, 0.4) is 0 Å². The van der Waals surface area contributed by atoms with Gasteiger partial charge in [0.25, 0.3) is 0 Å². The summed E-state index contributed by atoms with van der Waals surface area (Å²) in [4.78, 5) is 0. The summed E-state index contributed by atoms with van der Waals surface area (Å²) in [6.45, 7) is 2.17. The normalized spacial score (nSPS) is 17.6. The Balaban J connectivity index is 2.46. The average molecular weight is 266 g/mol. The van der Waals surface area contributed by atoms with Crippen molar-refractivity contribution in [2.24, 2.45) is 0 Å². The molecule has 0 fully saturated rings. The fourth-order valence-electron chi connectivity index (χ4n) is 1.29. The third-order valence-corrected chi connectivity index (χ3v) is 11.7. The molecule has 3 heteroatoms. The molecule has 0 amide bonds. The molecule has 0 saturated heterocycles. The second-order valence-electron chi connectivity index (χ2n) is 3.16. The van der Waals surface area contributed by atoms with Crippen LogP contribution in [0.1, 0.15) is 19.8 Å². The predicted octanol–water partition coefficient (Wildman–Crippen LogP) is 4.20. The number of allylic oxidation sites excluding steroid dienone is 4. The van der Waals surface area contributed by atoms with E-state index in [1.54, 1.807) is 0 Å². The molecule has 0 N–H and O–H groups in total. The minimum atomic E-state index is -2.52. The van der Waals surface area contributed by atoms with E-state index in [9.17, 15) is 0 Å². The summed E-state index contributed by atoms with van der Waals surface area (Å²) >= 11 is -2.52. The summed E-state index contributed by atoms with van der Waals surface area (Å²) in [5, 5.41) is 1.05. The fraction of sp³-hybridized carbons (Fsp3) is 0.556. The van der Waals surface area contributed by atoms with E-state index in [2.05, 4.69) is 19.1 Å². The van der Waals surface area contributed by atoms with Gasteiger partial charge in [-0.3, -0.25) is 0 Å². The van der Waals surface area contributed by atoms with Crippen LogP contribution in [0, 0.1) is 0 Å². The van der Waals surface area contributed by atoms with Gasteiger partial charge in [0.15, 0.2) is 0 Å². The van der Waals surface area contributed by atoms with Gasteiger partial charge in [0, 0.05) is 0 Å². The van der Waals surface area contributed by atoms with Gasteiger partial charge in [0.1, 0.15) is 0 Å². The van der Waals surface area contributed by atoms with Crippen LogP contribution in [0.2, 0.25) is 10.0 Å². The zero-order valence-electron chi connectivity index (χ0n) is 7.26. The van der Waals surface area contributed by atoms with Crippen LogP contribution in [0.4, 0.5) is 0 Å². The van der Waals surface area contributed by atoms with E-state index in [1.807, 2.05) is 12.2 Å². The average Bonchev–Trinajstić information content (AvgIpc) is 2.53. The molecular weight excluding hydrogens is 252 g/mol. The van der Waals surface area contributed by atoms with Gasteiger partial charge in [0.05, 0.1) is 0 Å². The number of halogens is 2. The van der Waals surface area contributed by atoms with Gasteiger partial charge in [-0.1, -0.05) is 0 Å². The van der Waals surface area contributed by atoms with Crippen molar-refractivity contribution < 1.29 is 0 Å². The minimum absolute atomic E-state index is 0.389. The maximum absolute atomic E-state index is 6.37. The summed E-state index contributed by atoms with van der Waals surface area (Å²) in [6, 6.07) is 0. The molecule has 0 radical (unpaired) electrons.